The normalized spacial score (nSPS) is 15.5. The van der Waals surface area contributed by atoms with E-state index in [4.69, 9.17) is 11.6 Å². The second kappa shape index (κ2) is 12.3. The lowest BCUT2D eigenvalue weighted by molar-refractivity contribution is 0.224. The third kappa shape index (κ3) is 6.70. The quantitative estimate of drug-likeness (QED) is 0.357. The standard InChI is InChI=1S/C24H23ClF4N4.C2H6/c1-15(13-32-8-2-3-9-32)33(18-6-7-20(26)19(25)11-18)14-17-5-4-16(10-21(17)27)22-12-23(24(28)29)31-30-22;1-2/h4-7,10-11,24H,1-3,8-9,12-14H2;1-2H3. The second-order valence-corrected chi connectivity index (χ2v) is 8.56. The van der Waals surface area contributed by atoms with Gasteiger partial charge >= 0.3 is 0 Å². The van der Waals surface area contributed by atoms with E-state index >= 15 is 4.39 Å². The fourth-order valence-electron chi connectivity index (χ4n) is 4.00. The molecule has 0 radical (unpaired) electrons. The van der Waals surface area contributed by atoms with Gasteiger partial charge in [-0.25, -0.2) is 17.6 Å². The number of halogens is 5. The third-order valence-electron chi connectivity index (χ3n) is 5.82. The fourth-order valence-corrected chi connectivity index (χ4v) is 4.17. The van der Waals surface area contributed by atoms with E-state index in [0.29, 0.717) is 29.1 Å². The minimum absolute atomic E-state index is 0.0311. The molecule has 0 spiro atoms. The van der Waals surface area contributed by atoms with E-state index in [9.17, 15) is 13.2 Å². The molecule has 0 N–H and O–H groups in total. The highest BCUT2D eigenvalue weighted by molar-refractivity contribution is 6.31. The van der Waals surface area contributed by atoms with E-state index in [2.05, 4.69) is 21.7 Å². The number of alkyl halides is 2. The van der Waals surface area contributed by atoms with E-state index in [1.807, 2.05) is 18.7 Å². The first-order valence-corrected chi connectivity index (χ1v) is 12.0. The number of likely N-dealkylation sites (tertiary alicyclic amines) is 1. The average Bonchev–Trinajstić information content (AvgIpc) is 3.54. The SMILES string of the molecule is C=C(CN1CCCC1)N(Cc1ccc(C2=NN=C(C(F)F)C2)cc1F)c1ccc(F)c(Cl)c1.CC. The van der Waals surface area contributed by atoms with Gasteiger partial charge in [0.1, 0.15) is 17.3 Å². The number of hydrogen-bond donors (Lipinski definition) is 0. The van der Waals surface area contributed by atoms with Crippen molar-refractivity contribution < 1.29 is 17.6 Å². The molecule has 4 rings (SSSR count). The summed E-state index contributed by atoms with van der Waals surface area (Å²) in [6.07, 6.45) is -0.559. The summed E-state index contributed by atoms with van der Waals surface area (Å²) in [4.78, 5) is 4.07. The molecule has 0 atom stereocenters. The van der Waals surface area contributed by atoms with Gasteiger partial charge in [-0.2, -0.15) is 10.2 Å². The zero-order chi connectivity index (χ0) is 25.5. The van der Waals surface area contributed by atoms with Crippen LogP contribution in [0.3, 0.4) is 0 Å². The Labute approximate surface area is 208 Å². The van der Waals surface area contributed by atoms with E-state index in [-0.39, 0.29) is 23.7 Å². The molecule has 188 valence electrons. The Morgan fingerprint density at radius 1 is 1.06 bits per heavy atom. The maximum absolute atomic E-state index is 15.1. The molecule has 2 aliphatic heterocycles. The number of hydrogen-bond acceptors (Lipinski definition) is 4. The summed E-state index contributed by atoms with van der Waals surface area (Å²) in [7, 11) is 0. The Hall–Kier alpha value is -2.71. The fraction of sp³-hybridized carbons (Fsp3) is 0.385. The molecule has 0 aliphatic carbocycles. The van der Waals surface area contributed by atoms with Crippen LogP contribution in [0.1, 0.15) is 44.2 Å². The Balaban J connectivity index is 0.00000167. The van der Waals surface area contributed by atoms with Gasteiger partial charge in [-0.15, -0.1) is 0 Å². The maximum atomic E-state index is 15.1. The van der Waals surface area contributed by atoms with Gasteiger partial charge in [0.25, 0.3) is 6.43 Å². The zero-order valence-corrected chi connectivity index (χ0v) is 20.6. The molecule has 2 aromatic rings. The van der Waals surface area contributed by atoms with Gasteiger partial charge in [-0.05, 0) is 50.2 Å². The second-order valence-electron chi connectivity index (χ2n) is 8.16. The molecule has 4 nitrogen and oxygen atoms in total. The lowest BCUT2D eigenvalue weighted by Crippen LogP contribution is -2.31. The summed E-state index contributed by atoms with van der Waals surface area (Å²) in [6, 6.07) is 8.85. The van der Waals surface area contributed by atoms with E-state index < -0.39 is 18.1 Å². The minimum atomic E-state index is -2.69. The van der Waals surface area contributed by atoms with Crippen LogP contribution in [0.4, 0.5) is 23.2 Å². The summed E-state index contributed by atoms with van der Waals surface area (Å²) >= 11 is 6.00. The molecule has 1 saturated heterocycles. The molecule has 1 fully saturated rings. The Bertz CT molecular complexity index is 1110. The maximum Gasteiger partial charge on any atom is 0.278 e. The number of benzene rings is 2. The summed E-state index contributed by atoms with van der Waals surface area (Å²) in [6.45, 7) is 10.9. The molecule has 2 aromatic carbocycles. The van der Waals surface area contributed by atoms with Gasteiger partial charge in [-0.3, -0.25) is 4.90 Å². The Kier molecular flexibility index (Phi) is 9.46. The van der Waals surface area contributed by atoms with Crippen LogP contribution in [-0.4, -0.2) is 42.4 Å². The van der Waals surface area contributed by atoms with Gasteiger partial charge in [0.15, 0.2) is 0 Å². The van der Waals surface area contributed by atoms with Crippen molar-refractivity contribution in [3.05, 3.63) is 76.5 Å². The molecule has 0 aromatic heterocycles. The highest BCUT2D eigenvalue weighted by Gasteiger charge is 2.23. The summed E-state index contributed by atoms with van der Waals surface area (Å²) < 4.78 is 54.4. The van der Waals surface area contributed by atoms with Crippen molar-refractivity contribution in [1.29, 1.82) is 0 Å². The third-order valence-corrected chi connectivity index (χ3v) is 6.11. The smallest absolute Gasteiger partial charge is 0.278 e. The van der Waals surface area contributed by atoms with Gasteiger partial charge in [0, 0.05) is 35.5 Å². The van der Waals surface area contributed by atoms with Crippen LogP contribution >= 0.6 is 11.6 Å². The van der Waals surface area contributed by atoms with Crippen molar-refractivity contribution in [2.24, 2.45) is 10.2 Å². The summed E-state index contributed by atoms with van der Waals surface area (Å²) in [5.74, 6) is -1.04. The van der Waals surface area contributed by atoms with Crippen LogP contribution < -0.4 is 4.90 Å². The number of anilines is 1. The molecule has 0 amide bonds. The van der Waals surface area contributed by atoms with Crippen LogP contribution in [0, 0.1) is 11.6 Å². The highest BCUT2D eigenvalue weighted by atomic mass is 35.5. The van der Waals surface area contributed by atoms with Crippen molar-refractivity contribution >= 4 is 28.7 Å². The Morgan fingerprint density at radius 3 is 2.37 bits per heavy atom. The zero-order valence-electron chi connectivity index (χ0n) is 19.9. The number of rotatable bonds is 8. The number of nitrogens with zero attached hydrogens (tertiary/aromatic N) is 4. The molecule has 0 bridgehead atoms. The minimum Gasteiger partial charge on any atom is -0.340 e. The van der Waals surface area contributed by atoms with Gasteiger partial charge in [-0.1, -0.05) is 44.2 Å². The predicted molar refractivity (Wildman–Crippen MR) is 135 cm³/mol. The summed E-state index contributed by atoms with van der Waals surface area (Å²) in [5, 5.41) is 7.22. The molecule has 0 saturated carbocycles. The highest BCUT2D eigenvalue weighted by Crippen LogP contribution is 2.28. The monoisotopic (exact) mass is 508 g/mol. The molecule has 35 heavy (non-hydrogen) atoms. The Morgan fingerprint density at radius 2 is 1.77 bits per heavy atom. The van der Waals surface area contributed by atoms with Crippen molar-refractivity contribution in [2.45, 2.75) is 46.1 Å². The van der Waals surface area contributed by atoms with Crippen molar-refractivity contribution in [2.75, 3.05) is 24.5 Å². The molecule has 0 unspecified atom stereocenters. The molecule has 9 heteroatoms. The average molecular weight is 509 g/mol. The molecular formula is C26H29ClF4N4. The topological polar surface area (TPSA) is 31.2 Å². The van der Waals surface area contributed by atoms with E-state index in [1.165, 1.54) is 18.2 Å². The lowest BCUT2D eigenvalue weighted by atomic mass is 10.0. The van der Waals surface area contributed by atoms with Crippen LogP contribution in [-0.2, 0) is 6.54 Å². The van der Waals surface area contributed by atoms with Crippen LogP contribution in [0.15, 0.2) is 58.9 Å². The molecule has 2 aliphatic rings. The van der Waals surface area contributed by atoms with Crippen molar-refractivity contribution in [3.63, 3.8) is 0 Å². The van der Waals surface area contributed by atoms with E-state index in [1.54, 1.807) is 18.2 Å². The van der Waals surface area contributed by atoms with Crippen LogP contribution in [0.25, 0.3) is 0 Å². The molecular weight excluding hydrogens is 480 g/mol. The van der Waals surface area contributed by atoms with Gasteiger partial charge < -0.3 is 4.90 Å². The largest absolute Gasteiger partial charge is 0.340 e. The van der Waals surface area contributed by atoms with Crippen molar-refractivity contribution in [3.8, 4) is 0 Å². The van der Waals surface area contributed by atoms with Crippen LogP contribution in [0.5, 0.6) is 0 Å². The van der Waals surface area contributed by atoms with Gasteiger partial charge in [0.05, 0.1) is 17.3 Å². The first kappa shape index (κ1) is 26.9. The molecule has 2 heterocycles. The van der Waals surface area contributed by atoms with Crippen LogP contribution in [0.2, 0.25) is 5.02 Å². The first-order chi connectivity index (χ1) is 16.8. The van der Waals surface area contributed by atoms with Crippen molar-refractivity contribution in [1.82, 2.24) is 4.90 Å². The first-order valence-electron chi connectivity index (χ1n) is 11.6. The van der Waals surface area contributed by atoms with E-state index in [0.717, 1.165) is 31.6 Å². The van der Waals surface area contributed by atoms with Gasteiger partial charge in [0.2, 0.25) is 0 Å². The lowest BCUT2D eigenvalue weighted by Gasteiger charge is -2.30. The summed E-state index contributed by atoms with van der Waals surface area (Å²) in [5.41, 5.74) is 2.09. The predicted octanol–water partition coefficient (Wildman–Crippen LogP) is 7.07.